The van der Waals surface area contributed by atoms with E-state index in [4.69, 9.17) is 23.8 Å². The third-order valence-corrected chi connectivity index (χ3v) is 12.1. The minimum absolute atomic E-state index is 0.586. The third-order valence-electron chi connectivity index (χ3n) is 11.0. The van der Waals surface area contributed by atoms with E-state index in [1.165, 1.54) is 30.9 Å². The van der Waals surface area contributed by atoms with E-state index in [1.807, 2.05) is 59.9 Å². The average molecular weight is 724 g/mol. The van der Waals surface area contributed by atoms with Gasteiger partial charge in [0.25, 0.3) is 0 Å². The Morgan fingerprint density at radius 1 is 0.491 bits per heavy atom. The van der Waals surface area contributed by atoms with Crippen molar-refractivity contribution in [2.24, 2.45) is 0 Å². The van der Waals surface area contributed by atoms with E-state index in [2.05, 4.69) is 103 Å². The number of hydrogen-bond acceptors (Lipinski definition) is 6. The summed E-state index contributed by atoms with van der Waals surface area (Å²) in [6.07, 6.45) is 6.24. The predicted molar refractivity (Wildman–Crippen MR) is 226 cm³/mol. The molecule has 7 aromatic carbocycles. The maximum atomic E-state index is 6.63. The van der Waals surface area contributed by atoms with E-state index in [0.717, 1.165) is 84.9 Å². The van der Waals surface area contributed by atoms with Crippen LogP contribution in [0.4, 0.5) is 0 Å². The van der Waals surface area contributed by atoms with E-state index in [0.29, 0.717) is 17.5 Å². The van der Waals surface area contributed by atoms with E-state index in [1.54, 1.807) is 0 Å². The third kappa shape index (κ3) is 4.68. The molecule has 0 bridgehead atoms. The Labute approximate surface area is 318 Å². The molecule has 4 aromatic heterocycles. The molecule has 55 heavy (non-hydrogen) atoms. The quantitative estimate of drug-likeness (QED) is 0.181. The predicted octanol–water partition coefficient (Wildman–Crippen LogP) is 13.7. The van der Waals surface area contributed by atoms with Gasteiger partial charge in [0, 0.05) is 65.0 Å². The molecular formula is C49H29N3O2S. The van der Waals surface area contributed by atoms with Crippen molar-refractivity contribution < 1.29 is 8.83 Å². The van der Waals surface area contributed by atoms with Crippen LogP contribution in [0.3, 0.4) is 0 Å². The zero-order valence-electron chi connectivity index (χ0n) is 29.4. The summed E-state index contributed by atoms with van der Waals surface area (Å²) >= 11 is 1.84. The summed E-state index contributed by atoms with van der Waals surface area (Å²) in [4.78, 5) is 16.0. The van der Waals surface area contributed by atoms with Crippen LogP contribution in [0.25, 0.3) is 115 Å². The highest BCUT2D eigenvalue weighted by molar-refractivity contribution is 7.26. The molecular weight excluding hydrogens is 695 g/mol. The lowest BCUT2D eigenvalue weighted by molar-refractivity contribution is 0.546. The zero-order valence-corrected chi connectivity index (χ0v) is 30.2. The van der Waals surface area contributed by atoms with Crippen molar-refractivity contribution >= 4 is 81.3 Å². The number of aromatic nitrogens is 3. The number of nitrogens with zero attached hydrogens (tertiary/aromatic N) is 3. The van der Waals surface area contributed by atoms with Crippen LogP contribution in [-0.2, 0) is 6.42 Å². The standard InChI is InChI=1S/C49H29N3O2S/c1-2-12-28(13-3-1)47-50-48(35-19-10-22-39-43(35)33-16-6-8-20-37(33)53-39)52-49(51-47)46-32(24-25-40-45(46)34-17-7-9-21-38(34)54-40)31-18-11-23-41-44(31)36-26-29-14-4-5-15-30(29)27-42(36)55-41/h1-8,10-20,22-27H,9,21H2. The van der Waals surface area contributed by atoms with Crippen LogP contribution in [0.15, 0.2) is 154 Å². The Balaban J connectivity index is 1.21. The van der Waals surface area contributed by atoms with Crippen molar-refractivity contribution in [1.29, 1.82) is 0 Å². The van der Waals surface area contributed by atoms with Gasteiger partial charge in [-0.3, -0.25) is 0 Å². The minimum atomic E-state index is 0.586. The van der Waals surface area contributed by atoms with Gasteiger partial charge in [-0.1, -0.05) is 109 Å². The Morgan fingerprint density at radius 3 is 2.16 bits per heavy atom. The van der Waals surface area contributed by atoms with Gasteiger partial charge in [0.1, 0.15) is 22.5 Å². The number of thiophene rings is 1. The van der Waals surface area contributed by atoms with E-state index >= 15 is 0 Å². The highest BCUT2D eigenvalue weighted by atomic mass is 32.1. The van der Waals surface area contributed by atoms with Crippen molar-refractivity contribution in [2.75, 3.05) is 0 Å². The minimum Gasteiger partial charge on any atom is -0.460 e. The summed E-state index contributed by atoms with van der Waals surface area (Å²) in [5, 5.41) is 7.98. The number of benzene rings is 7. The molecule has 0 aliphatic heterocycles. The summed E-state index contributed by atoms with van der Waals surface area (Å²) < 4.78 is 15.5. The van der Waals surface area contributed by atoms with Crippen LogP contribution in [0.2, 0.25) is 0 Å². The Kier molecular flexibility index (Phi) is 6.56. The van der Waals surface area contributed by atoms with E-state index in [-0.39, 0.29) is 0 Å². The molecule has 6 heteroatoms. The van der Waals surface area contributed by atoms with E-state index < -0.39 is 0 Å². The lowest BCUT2D eigenvalue weighted by Gasteiger charge is -2.15. The lowest BCUT2D eigenvalue weighted by atomic mass is 9.90. The van der Waals surface area contributed by atoms with Crippen molar-refractivity contribution in [3.05, 3.63) is 157 Å². The van der Waals surface area contributed by atoms with Crippen LogP contribution in [0.5, 0.6) is 0 Å². The lowest BCUT2D eigenvalue weighted by Crippen LogP contribution is -2.02. The Hall–Kier alpha value is -6.89. The highest BCUT2D eigenvalue weighted by Crippen LogP contribution is 2.48. The van der Waals surface area contributed by atoms with Crippen molar-refractivity contribution in [3.8, 4) is 45.3 Å². The smallest absolute Gasteiger partial charge is 0.165 e. The molecule has 0 spiro atoms. The summed E-state index contributed by atoms with van der Waals surface area (Å²) in [5.74, 6) is 2.78. The summed E-state index contributed by atoms with van der Waals surface area (Å²) in [6, 6.07) is 48.7. The second-order valence-electron chi connectivity index (χ2n) is 14.2. The normalized spacial score (nSPS) is 12.9. The van der Waals surface area contributed by atoms with Crippen LogP contribution in [-0.4, -0.2) is 15.0 Å². The number of allylic oxidation sites excluding steroid dienone is 1. The van der Waals surface area contributed by atoms with Gasteiger partial charge >= 0.3 is 0 Å². The first-order valence-corrected chi connectivity index (χ1v) is 19.4. The fourth-order valence-corrected chi connectivity index (χ4v) is 9.68. The molecule has 5 nitrogen and oxygen atoms in total. The number of fused-ring (bicyclic) bond motifs is 10. The van der Waals surface area contributed by atoms with Crippen LogP contribution < -0.4 is 0 Å². The van der Waals surface area contributed by atoms with Crippen LogP contribution in [0.1, 0.15) is 17.7 Å². The SMILES string of the molecule is C1=Cc2c(oc3ccc(-c4cccc5sc6cc7ccccc7cc6c45)c(-c4nc(-c5ccccc5)nc(-c5cccc6oc7ccccc7c56)n4)c23)CC1. The molecule has 4 heterocycles. The largest absolute Gasteiger partial charge is 0.460 e. The monoisotopic (exact) mass is 723 g/mol. The Bertz CT molecular complexity index is 3390. The van der Waals surface area contributed by atoms with Gasteiger partial charge in [-0.2, -0.15) is 0 Å². The number of para-hydroxylation sites is 1. The molecule has 258 valence electrons. The maximum absolute atomic E-state index is 6.63. The highest BCUT2D eigenvalue weighted by Gasteiger charge is 2.26. The fraction of sp³-hybridized carbons (Fsp3) is 0.0408. The Morgan fingerprint density at radius 2 is 1.24 bits per heavy atom. The van der Waals surface area contributed by atoms with Gasteiger partial charge in [-0.25, -0.2) is 15.0 Å². The number of hydrogen-bond donors (Lipinski definition) is 0. The van der Waals surface area contributed by atoms with Crippen LogP contribution >= 0.6 is 11.3 Å². The molecule has 0 atom stereocenters. The second-order valence-corrected chi connectivity index (χ2v) is 15.3. The van der Waals surface area contributed by atoms with E-state index in [9.17, 15) is 0 Å². The number of aryl methyl sites for hydroxylation is 1. The van der Waals surface area contributed by atoms with Gasteiger partial charge in [-0.05, 0) is 70.8 Å². The molecule has 12 rings (SSSR count). The average Bonchev–Trinajstić information content (AvgIpc) is 3.93. The first-order chi connectivity index (χ1) is 27.2. The number of rotatable bonds is 4. The molecule has 0 saturated heterocycles. The first-order valence-electron chi connectivity index (χ1n) is 18.6. The molecule has 11 aromatic rings. The van der Waals surface area contributed by atoms with Gasteiger partial charge in [0.15, 0.2) is 17.5 Å². The molecule has 0 unspecified atom stereocenters. The van der Waals surface area contributed by atoms with Gasteiger partial charge in [-0.15, -0.1) is 11.3 Å². The van der Waals surface area contributed by atoms with Crippen molar-refractivity contribution in [3.63, 3.8) is 0 Å². The summed E-state index contributed by atoms with van der Waals surface area (Å²) in [7, 11) is 0. The molecule has 1 aliphatic carbocycles. The first kappa shape index (κ1) is 30.6. The fourth-order valence-electron chi connectivity index (χ4n) is 8.52. The maximum Gasteiger partial charge on any atom is 0.165 e. The van der Waals surface area contributed by atoms with Crippen molar-refractivity contribution in [2.45, 2.75) is 12.8 Å². The van der Waals surface area contributed by atoms with Gasteiger partial charge in [0.2, 0.25) is 0 Å². The summed E-state index contributed by atoms with van der Waals surface area (Å²) in [5.41, 5.74) is 8.48. The second kappa shape index (κ2) is 11.8. The van der Waals surface area contributed by atoms with Crippen LogP contribution in [0, 0.1) is 0 Å². The molecule has 1 aliphatic rings. The molecule has 0 saturated carbocycles. The molecule has 0 amide bonds. The van der Waals surface area contributed by atoms with Crippen molar-refractivity contribution in [1.82, 2.24) is 15.0 Å². The number of furan rings is 2. The van der Waals surface area contributed by atoms with Gasteiger partial charge < -0.3 is 8.83 Å². The summed E-state index contributed by atoms with van der Waals surface area (Å²) in [6.45, 7) is 0. The molecule has 0 radical (unpaired) electrons. The topological polar surface area (TPSA) is 65.0 Å². The molecule has 0 fully saturated rings. The van der Waals surface area contributed by atoms with Gasteiger partial charge in [0.05, 0.1) is 0 Å². The zero-order chi connectivity index (χ0) is 36.0. The molecule has 0 N–H and O–H groups in total.